The predicted octanol–water partition coefficient (Wildman–Crippen LogP) is 4.40. The van der Waals surface area contributed by atoms with E-state index in [9.17, 15) is 4.79 Å². The fourth-order valence-electron chi connectivity index (χ4n) is 2.18. The van der Waals surface area contributed by atoms with Crippen LogP contribution in [-0.4, -0.2) is 17.0 Å². The summed E-state index contributed by atoms with van der Waals surface area (Å²) in [5, 5.41) is 4.94. The van der Waals surface area contributed by atoms with Crippen molar-refractivity contribution in [1.29, 1.82) is 0 Å². The molecule has 0 saturated heterocycles. The molecule has 116 valence electrons. The summed E-state index contributed by atoms with van der Waals surface area (Å²) in [5.74, 6) is 0.912. The number of fused-ring (bicyclic) bond motifs is 1. The molecule has 5 heteroatoms. The van der Waals surface area contributed by atoms with E-state index in [0.29, 0.717) is 11.6 Å². The number of benzene rings is 2. The Morgan fingerprint density at radius 1 is 1.13 bits per heavy atom. The van der Waals surface area contributed by atoms with Crippen LogP contribution >= 0.6 is 15.9 Å². The largest absolute Gasteiger partial charge is 0.481 e. The fraction of sp³-hybridized carbons (Fsp3) is 0.111. The molecule has 4 nitrogen and oxygen atoms in total. The quantitative estimate of drug-likeness (QED) is 0.740. The smallest absolute Gasteiger partial charge is 0.266 e. The van der Waals surface area contributed by atoms with E-state index in [4.69, 9.17) is 4.74 Å². The van der Waals surface area contributed by atoms with Gasteiger partial charge in [0.2, 0.25) is 0 Å². The first kappa shape index (κ1) is 15.5. The van der Waals surface area contributed by atoms with Crippen LogP contribution in [0.3, 0.4) is 0 Å². The fourth-order valence-corrected chi connectivity index (χ4v) is 2.41. The number of hydrogen-bond donors (Lipinski definition) is 1. The first-order chi connectivity index (χ1) is 11.1. The van der Waals surface area contributed by atoms with Gasteiger partial charge in [0, 0.05) is 10.7 Å². The molecule has 0 fully saturated rings. The van der Waals surface area contributed by atoms with E-state index in [1.54, 1.807) is 19.2 Å². The van der Waals surface area contributed by atoms with Crippen molar-refractivity contribution in [2.24, 2.45) is 0 Å². The van der Waals surface area contributed by atoms with Gasteiger partial charge in [-0.3, -0.25) is 4.79 Å². The van der Waals surface area contributed by atoms with E-state index < -0.39 is 6.10 Å². The number of nitrogens with zero attached hydrogens (tertiary/aromatic N) is 1. The lowest BCUT2D eigenvalue weighted by molar-refractivity contribution is -0.122. The van der Waals surface area contributed by atoms with Gasteiger partial charge in [0.1, 0.15) is 11.6 Å². The Bertz CT molecular complexity index is 834. The van der Waals surface area contributed by atoms with Gasteiger partial charge in [-0.1, -0.05) is 30.3 Å². The van der Waals surface area contributed by atoms with Gasteiger partial charge in [-0.2, -0.15) is 0 Å². The Morgan fingerprint density at radius 2 is 1.91 bits per heavy atom. The molecule has 1 aromatic heterocycles. The average Bonchev–Trinajstić information content (AvgIpc) is 2.56. The second kappa shape index (κ2) is 6.79. The second-order valence-electron chi connectivity index (χ2n) is 5.12. The molecule has 3 aromatic rings. The van der Waals surface area contributed by atoms with E-state index in [-0.39, 0.29) is 5.91 Å². The van der Waals surface area contributed by atoms with Gasteiger partial charge in [0.25, 0.3) is 5.91 Å². The van der Waals surface area contributed by atoms with E-state index in [1.165, 1.54) is 0 Å². The van der Waals surface area contributed by atoms with Gasteiger partial charge in [0.15, 0.2) is 6.10 Å². The van der Waals surface area contributed by atoms with Crippen molar-refractivity contribution in [3.63, 3.8) is 0 Å². The highest BCUT2D eigenvalue weighted by Crippen LogP contribution is 2.21. The number of halogens is 1. The lowest BCUT2D eigenvalue weighted by Crippen LogP contribution is -2.30. The van der Waals surface area contributed by atoms with Crippen molar-refractivity contribution in [3.8, 4) is 5.75 Å². The van der Waals surface area contributed by atoms with E-state index >= 15 is 0 Å². The molecule has 0 aliphatic carbocycles. The molecule has 0 radical (unpaired) electrons. The molecule has 0 aliphatic rings. The van der Waals surface area contributed by atoms with Crippen molar-refractivity contribution >= 4 is 38.4 Å². The summed E-state index contributed by atoms with van der Waals surface area (Å²) in [6, 6.07) is 17.3. The summed E-state index contributed by atoms with van der Waals surface area (Å²) in [6.07, 6.45) is 1.01. The molecular weight excluding hydrogens is 356 g/mol. The number of carbonyl (C=O) groups excluding carboxylic acids is 1. The van der Waals surface area contributed by atoms with Crippen LogP contribution in [0.2, 0.25) is 0 Å². The predicted molar refractivity (Wildman–Crippen MR) is 94.6 cm³/mol. The third-order valence-electron chi connectivity index (χ3n) is 3.38. The number of aromatic nitrogens is 1. The number of anilines is 1. The van der Waals surface area contributed by atoms with Crippen LogP contribution in [0.5, 0.6) is 5.75 Å². The highest BCUT2D eigenvalue weighted by Gasteiger charge is 2.15. The van der Waals surface area contributed by atoms with Crippen LogP contribution in [0.1, 0.15) is 6.92 Å². The number of amides is 1. The first-order valence-electron chi connectivity index (χ1n) is 7.20. The Morgan fingerprint density at radius 3 is 2.65 bits per heavy atom. The third kappa shape index (κ3) is 3.87. The van der Waals surface area contributed by atoms with Gasteiger partial charge in [0.05, 0.1) is 0 Å². The zero-order chi connectivity index (χ0) is 16.2. The van der Waals surface area contributed by atoms with E-state index in [2.05, 4.69) is 26.2 Å². The Balaban J connectivity index is 1.68. The standard InChI is InChI=1S/C18H15BrN2O2/c1-12(18(22)21-17-9-7-15(19)11-20-17)23-16-8-6-13-4-2-3-5-14(13)10-16/h2-12H,1H3,(H,20,21,22). The zero-order valence-electron chi connectivity index (χ0n) is 12.5. The molecule has 23 heavy (non-hydrogen) atoms. The summed E-state index contributed by atoms with van der Waals surface area (Å²) in [6.45, 7) is 1.71. The number of carbonyl (C=O) groups is 1. The number of pyridine rings is 1. The van der Waals surface area contributed by atoms with Gasteiger partial charge in [-0.05, 0) is 57.9 Å². The maximum Gasteiger partial charge on any atom is 0.266 e. The summed E-state index contributed by atoms with van der Waals surface area (Å²) < 4.78 is 6.59. The summed E-state index contributed by atoms with van der Waals surface area (Å²) in [5.41, 5.74) is 0. The SMILES string of the molecule is CC(Oc1ccc2ccccc2c1)C(=O)Nc1ccc(Br)cn1. The van der Waals surface area contributed by atoms with Gasteiger partial charge >= 0.3 is 0 Å². The monoisotopic (exact) mass is 370 g/mol. The van der Waals surface area contributed by atoms with Crippen molar-refractivity contribution in [2.45, 2.75) is 13.0 Å². The highest BCUT2D eigenvalue weighted by atomic mass is 79.9. The minimum absolute atomic E-state index is 0.243. The van der Waals surface area contributed by atoms with Crippen molar-refractivity contribution in [2.75, 3.05) is 5.32 Å². The second-order valence-corrected chi connectivity index (χ2v) is 6.04. The molecule has 2 aromatic carbocycles. The summed E-state index contributed by atoms with van der Waals surface area (Å²) >= 11 is 3.30. The number of nitrogens with one attached hydrogen (secondary N) is 1. The summed E-state index contributed by atoms with van der Waals surface area (Å²) in [7, 11) is 0. The zero-order valence-corrected chi connectivity index (χ0v) is 14.1. The topological polar surface area (TPSA) is 51.2 Å². The van der Waals surface area contributed by atoms with E-state index in [0.717, 1.165) is 15.2 Å². The average molecular weight is 371 g/mol. The molecule has 1 amide bonds. The minimum atomic E-state index is -0.624. The lowest BCUT2D eigenvalue weighted by atomic mass is 10.1. The molecular formula is C18H15BrN2O2. The Labute approximate surface area is 142 Å². The summed E-state index contributed by atoms with van der Waals surface area (Å²) in [4.78, 5) is 16.3. The first-order valence-corrected chi connectivity index (χ1v) is 7.99. The Kier molecular flexibility index (Phi) is 4.57. The molecule has 0 bridgehead atoms. The third-order valence-corrected chi connectivity index (χ3v) is 3.85. The van der Waals surface area contributed by atoms with Crippen molar-refractivity contribution in [1.82, 2.24) is 4.98 Å². The maximum absolute atomic E-state index is 12.2. The van der Waals surface area contributed by atoms with E-state index in [1.807, 2.05) is 48.5 Å². The van der Waals surface area contributed by atoms with Crippen LogP contribution in [0.25, 0.3) is 10.8 Å². The van der Waals surface area contributed by atoms with Crippen LogP contribution in [0, 0.1) is 0 Å². The minimum Gasteiger partial charge on any atom is -0.481 e. The van der Waals surface area contributed by atoms with Gasteiger partial charge < -0.3 is 10.1 Å². The molecule has 1 N–H and O–H groups in total. The number of ether oxygens (including phenoxy) is 1. The lowest BCUT2D eigenvalue weighted by Gasteiger charge is -2.15. The molecule has 1 heterocycles. The van der Waals surface area contributed by atoms with Gasteiger partial charge in [-0.15, -0.1) is 0 Å². The molecule has 1 unspecified atom stereocenters. The van der Waals surface area contributed by atoms with Gasteiger partial charge in [-0.25, -0.2) is 4.98 Å². The van der Waals surface area contributed by atoms with Crippen LogP contribution in [-0.2, 0) is 4.79 Å². The van der Waals surface area contributed by atoms with Crippen molar-refractivity contribution in [3.05, 3.63) is 65.3 Å². The number of hydrogen-bond acceptors (Lipinski definition) is 3. The van der Waals surface area contributed by atoms with Crippen molar-refractivity contribution < 1.29 is 9.53 Å². The van der Waals surface area contributed by atoms with Crippen LogP contribution in [0.15, 0.2) is 65.3 Å². The highest BCUT2D eigenvalue weighted by molar-refractivity contribution is 9.10. The molecule has 0 spiro atoms. The normalized spacial score (nSPS) is 11.9. The number of rotatable bonds is 4. The molecule has 0 saturated carbocycles. The Hall–Kier alpha value is -2.40. The van der Waals surface area contributed by atoms with Crippen LogP contribution in [0.4, 0.5) is 5.82 Å². The molecule has 0 aliphatic heterocycles. The van der Waals surface area contributed by atoms with Crippen LogP contribution < -0.4 is 10.1 Å². The molecule has 1 atom stereocenters. The molecule has 3 rings (SSSR count). The maximum atomic E-state index is 12.2.